The van der Waals surface area contributed by atoms with Crippen LogP contribution in [0.15, 0.2) is 46.4 Å². The summed E-state index contributed by atoms with van der Waals surface area (Å²) < 4.78 is 22.4. The van der Waals surface area contributed by atoms with Gasteiger partial charge in [0, 0.05) is 13.1 Å². The topological polar surface area (TPSA) is 98.1 Å². The van der Waals surface area contributed by atoms with E-state index in [2.05, 4.69) is 29.8 Å². The number of amides is 1. The lowest BCUT2D eigenvalue weighted by molar-refractivity contribution is -0.136. The van der Waals surface area contributed by atoms with Crippen LogP contribution in [-0.4, -0.2) is 56.8 Å². The Kier molecular flexibility index (Phi) is 9.29. The normalized spacial score (nSPS) is 13.8. The molecule has 0 N–H and O–H groups in total. The van der Waals surface area contributed by atoms with Crippen LogP contribution in [0.3, 0.4) is 0 Å². The van der Waals surface area contributed by atoms with Crippen LogP contribution in [0.1, 0.15) is 30.9 Å². The van der Waals surface area contributed by atoms with Gasteiger partial charge in [-0.15, -0.1) is 0 Å². The van der Waals surface area contributed by atoms with Gasteiger partial charge in [-0.05, 0) is 63.3 Å². The van der Waals surface area contributed by atoms with E-state index in [0.717, 1.165) is 10.0 Å². The Labute approximate surface area is 213 Å². The fourth-order valence-corrected chi connectivity index (χ4v) is 3.90. The Morgan fingerprint density at radius 1 is 1.14 bits per heavy atom. The summed E-state index contributed by atoms with van der Waals surface area (Å²) in [4.78, 5) is 26.6. The maximum Gasteiger partial charge on any atom is 0.349 e. The van der Waals surface area contributed by atoms with Crippen molar-refractivity contribution in [3.8, 4) is 23.3 Å². The summed E-state index contributed by atoms with van der Waals surface area (Å²) in [5, 5.41) is 9.49. The minimum Gasteiger partial charge on any atom is -0.493 e. The maximum absolute atomic E-state index is 12.6. The zero-order valence-electron chi connectivity index (χ0n) is 19.9. The van der Waals surface area contributed by atoms with E-state index in [4.69, 9.17) is 18.9 Å². The Bertz CT molecular complexity index is 1150. The van der Waals surface area contributed by atoms with Crippen molar-refractivity contribution in [2.24, 2.45) is 0 Å². The number of hydrogen-bond donors (Lipinski definition) is 0. The van der Waals surface area contributed by atoms with E-state index in [1.807, 2.05) is 18.2 Å². The van der Waals surface area contributed by atoms with Crippen LogP contribution < -0.4 is 14.2 Å². The van der Waals surface area contributed by atoms with E-state index in [9.17, 15) is 14.9 Å². The number of rotatable bonds is 8. The highest BCUT2D eigenvalue weighted by Gasteiger charge is 2.21. The molecule has 1 heterocycles. The van der Waals surface area contributed by atoms with Crippen LogP contribution in [0.5, 0.6) is 17.2 Å². The largest absolute Gasteiger partial charge is 0.493 e. The minimum absolute atomic E-state index is 0.00107. The van der Waals surface area contributed by atoms with Gasteiger partial charge < -0.3 is 23.8 Å². The van der Waals surface area contributed by atoms with Gasteiger partial charge in [-0.3, -0.25) is 4.79 Å². The van der Waals surface area contributed by atoms with Gasteiger partial charge in [-0.25, -0.2) is 4.79 Å². The molecule has 0 aromatic heterocycles. The number of nitrogens with zero attached hydrogens (tertiary/aromatic N) is 2. The molecule has 184 valence electrons. The highest BCUT2D eigenvalue weighted by molar-refractivity contribution is 9.10. The van der Waals surface area contributed by atoms with Crippen LogP contribution in [0.4, 0.5) is 0 Å². The summed E-state index contributed by atoms with van der Waals surface area (Å²) in [6.07, 6.45) is 1.48. The van der Waals surface area contributed by atoms with Crippen LogP contribution in [0.2, 0.25) is 0 Å². The molecule has 0 aliphatic carbocycles. The number of morpholine rings is 1. The molecule has 1 aliphatic rings. The monoisotopic (exact) mass is 542 g/mol. The highest BCUT2D eigenvalue weighted by atomic mass is 79.9. The Morgan fingerprint density at radius 3 is 2.49 bits per heavy atom. The SMILES string of the molecule is COc1cc(/C=C(\C#N)C(=O)N2CCOCC2)ccc1OC(=O)COc1ccc(C(C)C)cc1Br. The molecule has 2 aromatic carbocycles. The predicted octanol–water partition coefficient (Wildman–Crippen LogP) is 4.33. The van der Waals surface area contributed by atoms with E-state index in [0.29, 0.717) is 43.5 Å². The molecule has 0 atom stereocenters. The summed E-state index contributed by atoms with van der Waals surface area (Å²) in [7, 11) is 1.44. The van der Waals surface area contributed by atoms with Crippen molar-refractivity contribution in [2.45, 2.75) is 19.8 Å². The molecule has 3 rings (SSSR count). The Balaban J connectivity index is 1.66. The fraction of sp³-hybridized carbons (Fsp3) is 0.346. The molecular formula is C26H27BrN2O6. The lowest BCUT2D eigenvalue weighted by Gasteiger charge is -2.26. The molecule has 0 spiro atoms. The third kappa shape index (κ3) is 7.07. The Hall–Kier alpha value is -3.35. The smallest absolute Gasteiger partial charge is 0.349 e. The molecule has 35 heavy (non-hydrogen) atoms. The average molecular weight is 543 g/mol. The van der Waals surface area contributed by atoms with Gasteiger partial charge in [-0.1, -0.05) is 26.0 Å². The molecular weight excluding hydrogens is 516 g/mol. The molecule has 8 nitrogen and oxygen atoms in total. The van der Waals surface area contributed by atoms with Crippen molar-refractivity contribution < 1.29 is 28.5 Å². The number of esters is 1. The van der Waals surface area contributed by atoms with E-state index in [-0.39, 0.29) is 29.6 Å². The third-order valence-corrected chi connectivity index (χ3v) is 5.96. The fourth-order valence-electron chi connectivity index (χ4n) is 3.39. The summed E-state index contributed by atoms with van der Waals surface area (Å²) in [6.45, 7) is 5.67. The van der Waals surface area contributed by atoms with Crippen LogP contribution in [0.25, 0.3) is 6.08 Å². The van der Waals surface area contributed by atoms with Gasteiger partial charge in [0.05, 0.1) is 24.8 Å². The number of halogens is 1. The van der Waals surface area contributed by atoms with Crippen molar-refractivity contribution in [3.05, 3.63) is 57.6 Å². The quantitative estimate of drug-likeness (QED) is 0.212. The second-order valence-electron chi connectivity index (χ2n) is 8.09. The molecule has 1 amide bonds. The van der Waals surface area contributed by atoms with Crippen molar-refractivity contribution >= 4 is 33.9 Å². The van der Waals surface area contributed by atoms with E-state index >= 15 is 0 Å². The minimum atomic E-state index is -0.605. The lowest BCUT2D eigenvalue weighted by atomic mass is 10.0. The molecule has 9 heteroatoms. The van der Waals surface area contributed by atoms with Gasteiger partial charge in [0.25, 0.3) is 5.91 Å². The number of carbonyl (C=O) groups excluding carboxylic acids is 2. The first kappa shape index (κ1) is 26.3. The first-order chi connectivity index (χ1) is 16.8. The standard InChI is InChI=1S/C26H27BrN2O6/c1-17(2)19-5-7-22(21(27)14-19)34-16-25(30)35-23-6-4-18(13-24(23)32-3)12-20(15-28)26(31)29-8-10-33-11-9-29/h4-7,12-14,17H,8-11,16H2,1-3H3/b20-12+. The number of benzene rings is 2. The summed E-state index contributed by atoms with van der Waals surface area (Å²) >= 11 is 3.47. The Morgan fingerprint density at radius 2 is 1.86 bits per heavy atom. The zero-order valence-corrected chi connectivity index (χ0v) is 21.5. The molecule has 0 radical (unpaired) electrons. The second kappa shape index (κ2) is 12.4. The molecule has 2 aromatic rings. The average Bonchev–Trinajstić information content (AvgIpc) is 2.87. The maximum atomic E-state index is 12.6. The lowest BCUT2D eigenvalue weighted by Crippen LogP contribution is -2.41. The number of nitriles is 1. The molecule has 0 saturated carbocycles. The van der Waals surface area contributed by atoms with E-state index in [1.54, 1.807) is 29.2 Å². The van der Waals surface area contributed by atoms with E-state index in [1.165, 1.54) is 13.2 Å². The third-order valence-electron chi connectivity index (χ3n) is 5.34. The molecule has 1 fully saturated rings. The molecule has 0 bridgehead atoms. The predicted molar refractivity (Wildman–Crippen MR) is 133 cm³/mol. The highest BCUT2D eigenvalue weighted by Crippen LogP contribution is 2.31. The van der Waals surface area contributed by atoms with Crippen molar-refractivity contribution in [1.82, 2.24) is 4.90 Å². The van der Waals surface area contributed by atoms with Gasteiger partial charge in [0.1, 0.15) is 17.4 Å². The first-order valence-electron chi connectivity index (χ1n) is 11.1. The summed E-state index contributed by atoms with van der Waals surface area (Å²) in [5.41, 5.74) is 1.71. The number of ether oxygens (including phenoxy) is 4. The van der Waals surface area contributed by atoms with Crippen LogP contribution >= 0.6 is 15.9 Å². The van der Waals surface area contributed by atoms with Gasteiger partial charge >= 0.3 is 5.97 Å². The van der Waals surface area contributed by atoms with Crippen molar-refractivity contribution in [2.75, 3.05) is 40.0 Å². The van der Waals surface area contributed by atoms with Crippen molar-refractivity contribution in [3.63, 3.8) is 0 Å². The second-order valence-corrected chi connectivity index (χ2v) is 8.95. The summed E-state index contributed by atoms with van der Waals surface area (Å²) in [5.74, 6) is 0.433. The van der Waals surface area contributed by atoms with Gasteiger partial charge in [-0.2, -0.15) is 5.26 Å². The number of methoxy groups -OCH3 is 1. The number of carbonyl (C=O) groups is 2. The first-order valence-corrected chi connectivity index (χ1v) is 11.9. The van der Waals surface area contributed by atoms with Gasteiger partial charge in [0.2, 0.25) is 0 Å². The number of hydrogen-bond acceptors (Lipinski definition) is 7. The van der Waals surface area contributed by atoms with E-state index < -0.39 is 5.97 Å². The zero-order chi connectivity index (χ0) is 25.4. The molecule has 1 aliphatic heterocycles. The van der Waals surface area contributed by atoms with Crippen LogP contribution in [0, 0.1) is 11.3 Å². The van der Waals surface area contributed by atoms with Gasteiger partial charge in [0.15, 0.2) is 18.1 Å². The van der Waals surface area contributed by atoms with Crippen molar-refractivity contribution in [1.29, 1.82) is 5.26 Å². The molecule has 1 saturated heterocycles. The summed E-state index contributed by atoms with van der Waals surface area (Å²) in [6, 6.07) is 12.4. The van der Waals surface area contributed by atoms with Crippen LogP contribution in [-0.2, 0) is 14.3 Å². The molecule has 0 unspecified atom stereocenters.